The number of hydrogen-bond donors (Lipinski definition) is 2. The highest BCUT2D eigenvalue weighted by Crippen LogP contribution is 2.46. The van der Waals surface area contributed by atoms with Crippen molar-refractivity contribution in [1.29, 1.82) is 0 Å². The molecular formula is C17H25NO3. The Bertz CT molecular complexity index is 463. The standard InChI is InChI=1S/C17H25NO3/c1-13(2)12-17(8-3-9-17)16(20)18-14-4-6-15(7-5-14)21-11-10-19/h4-7,13,19H,3,8-12H2,1-2H3,(H,18,20). The fourth-order valence-electron chi connectivity index (χ4n) is 2.97. The van der Waals surface area contributed by atoms with Gasteiger partial charge in [-0.3, -0.25) is 4.79 Å². The van der Waals surface area contributed by atoms with Gasteiger partial charge in [0.1, 0.15) is 12.4 Å². The van der Waals surface area contributed by atoms with E-state index in [1.165, 1.54) is 0 Å². The molecule has 116 valence electrons. The van der Waals surface area contributed by atoms with Gasteiger partial charge in [-0.05, 0) is 49.4 Å². The van der Waals surface area contributed by atoms with Crippen molar-refractivity contribution in [3.05, 3.63) is 24.3 Å². The van der Waals surface area contributed by atoms with Crippen molar-refractivity contribution in [2.45, 2.75) is 39.5 Å². The lowest BCUT2D eigenvalue weighted by Crippen LogP contribution is -2.42. The summed E-state index contributed by atoms with van der Waals surface area (Å²) in [6, 6.07) is 7.29. The van der Waals surface area contributed by atoms with Crippen LogP contribution in [0.15, 0.2) is 24.3 Å². The van der Waals surface area contributed by atoms with Crippen LogP contribution in [0.5, 0.6) is 5.75 Å². The summed E-state index contributed by atoms with van der Waals surface area (Å²) in [6.45, 7) is 4.61. The van der Waals surface area contributed by atoms with E-state index in [1.54, 1.807) is 12.1 Å². The number of hydrogen-bond acceptors (Lipinski definition) is 3. The van der Waals surface area contributed by atoms with E-state index in [1.807, 2.05) is 12.1 Å². The number of nitrogens with one attached hydrogen (secondary N) is 1. The Morgan fingerprint density at radius 1 is 1.33 bits per heavy atom. The number of carbonyl (C=O) groups is 1. The maximum atomic E-state index is 12.5. The molecule has 0 aliphatic heterocycles. The first-order valence-corrected chi connectivity index (χ1v) is 7.71. The molecule has 0 saturated heterocycles. The van der Waals surface area contributed by atoms with Crippen LogP contribution in [0.3, 0.4) is 0 Å². The lowest BCUT2D eigenvalue weighted by Gasteiger charge is -2.41. The Labute approximate surface area is 126 Å². The summed E-state index contributed by atoms with van der Waals surface area (Å²) in [5, 5.41) is 11.7. The molecule has 1 aromatic carbocycles. The lowest BCUT2D eigenvalue weighted by atomic mass is 9.64. The van der Waals surface area contributed by atoms with Gasteiger partial charge in [0.2, 0.25) is 5.91 Å². The predicted octanol–water partition coefficient (Wildman–Crippen LogP) is 3.21. The van der Waals surface area contributed by atoms with Gasteiger partial charge in [-0.15, -0.1) is 0 Å². The molecule has 1 aliphatic rings. The molecule has 0 spiro atoms. The average molecular weight is 291 g/mol. The molecule has 1 aliphatic carbocycles. The predicted molar refractivity (Wildman–Crippen MR) is 83.4 cm³/mol. The molecule has 0 unspecified atom stereocenters. The molecule has 1 fully saturated rings. The van der Waals surface area contributed by atoms with Crippen LogP contribution < -0.4 is 10.1 Å². The van der Waals surface area contributed by atoms with Crippen LogP contribution >= 0.6 is 0 Å². The van der Waals surface area contributed by atoms with E-state index in [0.717, 1.165) is 31.4 Å². The molecule has 0 atom stereocenters. The smallest absolute Gasteiger partial charge is 0.230 e. The van der Waals surface area contributed by atoms with Crippen LogP contribution in [0, 0.1) is 11.3 Å². The lowest BCUT2D eigenvalue weighted by molar-refractivity contribution is -0.131. The first-order valence-electron chi connectivity index (χ1n) is 7.71. The Morgan fingerprint density at radius 2 is 2.00 bits per heavy atom. The van der Waals surface area contributed by atoms with E-state index in [0.29, 0.717) is 11.7 Å². The van der Waals surface area contributed by atoms with E-state index in [4.69, 9.17) is 9.84 Å². The number of rotatable bonds is 7. The molecule has 4 heteroatoms. The third-order valence-electron chi connectivity index (χ3n) is 4.06. The van der Waals surface area contributed by atoms with Gasteiger partial charge in [-0.25, -0.2) is 0 Å². The molecule has 1 saturated carbocycles. The zero-order chi connectivity index (χ0) is 15.3. The molecule has 4 nitrogen and oxygen atoms in total. The van der Waals surface area contributed by atoms with E-state index in [9.17, 15) is 4.79 Å². The van der Waals surface area contributed by atoms with Crippen LogP contribution in [0.4, 0.5) is 5.69 Å². The molecule has 0 bridgehead atoms. The Hall–Kier alpha value is -1.55. The van der Waals surface area contributed by atoms with Crippen molar-refractivity contribution in [3.63, 3.8) is 0 Å². The highest BCUT2D eigenvalue weighted by molar-refractivity contribution is 5.95. The van der Waals surface area contributed by atoms with Crippen molar-refractivity contribution in [3.8, 4) is 5.75 Å². The summed E-state index contributed by atoms with van der Waals surface area (Å²) in [7, 11) is 0. The Morgan fingerprint density at radius 3 is 2.48 bits per heavy atom. The van der Waals surface area contributed by atoms with Gasteiger partial charge in [0.25, 0.3) is 0 Å². The number of carbonyl (C=O) groups excluding carboxylic acids is 1. The number of amides is 1. The zero-order valence-electron chi connectivity index (χ0n) is 12.9. The SMILES string of the molecule is CC(C)CC1(C(=O)Nc2ccc(OCCO)cc2)CCC1. The number of ether oxygens (including phenoxy) is 1. The summed E-state index contributed by atoms with van der Waals surface area (Å²) in [6.07, 6.45) is 4.09. The van der Waals surface area contributed by atoms with E-state index < -0.39 is 0 Å². The molecule has 0 radical (unpaired) electrons. The maximum absolute atomic E-state index is 12.5. The minimum absolute atomic E-state index is 0.00376. The van der Waals surface area contributed by atoms with Gasteiger partial charge in [0, 0.05) is 11.1 Å². The third kappa shape index (κ3) is 3.97. The topological polar surface area (TPSA) is 58.6 Å². The number of benzene rings is 1. The third-order valence-corrected chi connectivity index (χ3v) is 4.06. The first kappa shape index (κ1) is 15.8. The average Bonchev–Trinajstić information content (AvgIpc) is 2.41. The minimum Gasteiger partial charge on any atom is -0.491 e. The molecule has 2 N–H and O–H groups in total. The van der Waals surface area contributed by atoms with Crippen LogP contribution in [0.1, 0.15) is 39.5 Å². The molecular weight excluding hydrogens is 266 g/mol. The molecule has 2 rings (SSSR count). The zero-order valence-corrected chi connectivity index (χ0v) is 12.9. The van der Waals surface area contributed by atoms with Gasteiger partial charge >= 0.3 is 0 Å². The summed E-state index contributed by atoms with van der Waals surface area (Å²) in [5.74, 6) is 1.37. The maximum Gasteiger partial charge on any atom is 0.230 e. The van der Waals surface area contributed by atoms with Gasteiger partial charge in [-0.1, -0.05) is 20.3 Å². The second-order valence-corrected chi connectivity index (χ2v) is 6.28. The summed E-state index contributed by atoms with van der Waals surface area (Å²) >= 11 is 0. The van der Waals surface area contributed by atoms with Crippen molar-refractivity contribution in [2.24, 2.45) is 11.3 Å². The van der Waals surface area contributed by atoms with Gasteiger partial charge in [0.15, 0.2) is 0 Å². The molecule has 21 heavy (non-hydrogen) atoms. The van der Waals surface area contributed by atoms with Crippen LogP contribution in [-0.2, 0) is 4.79 Å². The highest BCUT2D eigenvalue weighted by Gasteiger charge is 2.44. The number of anilines is 1. The van der Waals surface area contributed by atoms with E-state index in [2.05, 4.69) is 19.2 Å². The fraction of sp³-hybridized carbons (Fsp3) is 0.588. The normalized spacial score (nSPS) is 16.4. The Kier molecular flexibility index (Phi) is 5.23. The van der Waals surface area contributed by atoms with Crippen molar-refractivity contribution in [1.82, 2.24) is 0 Å². The van der Waals surface area contributed by atoms with Gasteiger partial charge in [-0.2, -0.15) is 0 Å². The van der Waals surface area contributed by atoms with Crippen molar-refractivity contribution >= 4 is 11.6 Å². The van der Waals surface area contributed by atoms with E-state index >= 15 is 0 Å². The molecule has 1 aromatic rings. The summed E-state index contributed by atoms with van der Waals surface area (Å²) in [5.41, 5.74) is 0.631. The Balaban J connectivity index is 1.95. The van der Waals surface area contributed by atoms with E-state index in [-0.39, 0.29) is 24.5 Å². The molecule has 0 heterocycles. The van der Waals surface area contributed by atoms with Gasteiger partial charge < -0.3 is 15.2 Å². The number of aliphatic hydroxyl groups excluding tert-OH is 1. The van der Waals surface area contributed by atoms with Crippen LogP contribution in [0.2, 0.25) is 0 Å². The molecule has 1 amide bonds. The highest BCUT2D eigenvalue weighted by atomic mass is 16.5. The first-order chi connectivity index (χ1) is 10.1. The second kappa shape index (κ2) is 6.94. The van der Waals surface area contributed by atoms with Gasteiger partial charge in [0.05, 0.1) is 6.61 Å². The largest absolute Gasteiger partial charge is 0.491 e. The fourth-order valence-corrected chi connectivity index (χ4v) is 2.97. The number of aliphatic hydroxyl groups is 1. The minimum atomic E-state index is -0.166. The second-order valence-electron chi connectivity index (χ2n) is 6.28. The van der Waals surface area contributed by atoms with Crippen LogP contribution in [-0.4, -0.2) is 24.2 Å². The summed E-state index contributed by atoms with van der Waals surface area (Å²) < 4.78 is 5.30. The quantitative estimate of drug-likeness (QED) is 0.811. The monoisotopic (exact) mass is 291 g/mol. The van der Waals surface area contributed by atoms with Crippen LogP contribution in [0.25, 0.3) is 0 Å². The van der Waals surface area contributed by atoms with Crippen molar-refractivity contribution in [2.75, 3.05) is 18.5 Å². The summed E-state index contributed by atoms with van der Waals surface area (Å²) in [4.78, 5) is 12.5. The van der Waals surface area contributed by atoms with Crippen molar-refractivity contribution < 1.29 is 14.6 Å². The molecule has 0 aromatic heterocycles.